The molecule has 0 bridgehead atoms. The Bertz CT molecular complexity index is 1030. The topological polar surface area (TPSA) is 4.93 Å². The van der Waals surface area contributed by atoms with Crippen molar-refractivity contribution in [2.45, 2.75) is 47.0 Å². The molecule has 0 saturated carbocycles. The van der Waals surface area contributed by atoms with E-state index in [9.17, 15) is 0 Å². The molecule has 1 atom stereocenters. The number of rotatable bonds is 9. The lowest BCUT2D eigenvalue weighted by Gasteiger charge is -2.14. The summed E-state index contributed by atoms with van der Waals surface area (Å²) in [5.74, 6) is 0.296. The summed E-state index contributed by atoms with van der Waals surface area (Å²) in [4.78, 5) is 2.54. The first-order valence-corrected chi connectivity index (χ1v) is 11.4. The molecule has 0 saturated heterocycles. The lowest BCUT2D eigenvalue weighted by atomic mass is 9.93. The molecule has 1 nitrogen and oxygen atoms in total. The maximum Gasteiger partial charge on any atom is 0.0480 e. The summed E-state index contributed by atoms with van der Waals surface area (Å²) in [6.07, 6.45) is 17.8. The fourth-order valence-electron chi connectivity index (χ4n) is 4.05. The van der Waals surface area contributed by atoms with E-state index in [4.69, 9.17) is 0 Å². The Labute approximate surface area is 187 Å². The standard InChI is InChI=1S/C28H35NS/c1-10-16-22-24(26(14-5)29(9)25(22)13-4)18-19(7)20(8)28-23(17-11-2)21(12-3)27(15-6)30-28/h10-13,15-18,20H,3-4,6,14H2,1-2,5,7-9H3/b16-10-,17-11-,19-18+. The molecule has 2 aromatic rings. The van der Waals surface area contributed by atoms with Crippen LogP contribution in [0.15, 0.2) is 37.5 Å². The number of nitrogens with zero attached hydrogens (tertiary/aromatic N) is 1. The smallest absolute Gasteiger partial charge is 0.0480 e. The third kappa shape index (κ3) is 4.29. The van der Waals surface area contributed by atoms with Crippen LogP contribution in [0.4, 0.5) is 0 Å². The highest BCUT2D eigenvalue weighted by Crippen LogP contribution is 2.40. The van der Waals surface area contributed by atoms with E-state index in [0.29, 0.717) is 5.92 Å². The predicted molar refractivity (Wildman–Crippen MR) is 141 cm³/mol. The molecule has 0 amide bonds. The first kappa shape index (κ1) is 23.7. The molecule has 2 aromatic heterocycles. The summed E-state index contributed by atoms with van der Waals surface area (Å²) in [7, 11) is 2.13. The van der Waals surface area contributed by atoms with Gasteiger partial charge in [-0.15, -0.1) is 11.3 Å². The Morgan fingerprint density at radius 3 is 2.10 bits per heavy atom. The van der Waals surface area contributed by atoms with E-state index in [0.717, 1.165) is 6.42 Å². The van der Waals surface area contributed by atoms with Crippen molar-refractivity contribution in [1.82, 2.24) is 4.57 Å². The second kappa shape index (κ2) is 10.4. The van der Waals surface area contributed by atoms with Crippen LogP contribution >= 0.6 is 11.3 Å². The highest BCUT2D eigenvalue weighted by Gasteiger charge is 2.21. The van der Waals surface area contributed by atoms with E-state index >= 15 is 0 Å². The van der Waals surface area contributed by atoms with Crippen LogP contribution in [0.3, 0.4) is 0 Å². The zero-order valence-corrected chi connectivity index (χ0v) is 20.2. The molecule has 2 rings (SSSR count). The van der Waals surface area contributed by atoms with Crippen molar-refractivity contribution < 1.29 is 0 Å². The van der Waals surface area contributed by atoms with Gasteiger partial charge < -0.3 is 4.57 Å². The van der Waals surface area contributed by atoms with E-state index in [1.54, 1.807) is 0 Å². The van der Waals surface area contributed by atoms with Gasteiger partial charge in [-0.05, 0) is 44.4 Å². The third-order valence-electron chi connectivity index (χ3n) is 5.72. The molecular formula is C28H35NS. The van der Waals surface area contributed by atoms with Crippen LogP contribution in [0, 0.1) is 0 Å². The van der Waals surface area contributed by atoms with Gasteiger partial charge in [0.25, 0.3) is 0 Å². The monoisotopic (exact) mass is 417 g/mol. The lowest BCUT2D eigenvalue weighted by molar-refractivity contribution is 0.827. The zero-order chi connectivity index (χ0) is 22.4. The molecule has 2 heteroatoms. The van der Waals surface area contributed by atoms with E-state index in [1.165, 1.54) is 49.0 Å². The minimum atomic E-state index is 0.296. The van der Waals surface area contributed by atoms with Crippen molar-refractivity contribution in [2.24, 2.45) is 7.05 Å². The molecule has 0 aliphatic rings. The number of thiophene rings is 1. The van der Waals surface area contributed by atoms with Gasteiger partial charge in [0.05, 0.1) is 0 Å². The molecule has 0 radical (unpaired) electrons. The zero-order valence-electron chi connectivity index (χ0n) is 19.4. The van der Waals surface area contributed by atoms with Gasteiger partial charge in [0.15, 0.2) is 0 Å². The van der Waals surface area contributed by atoms with Crippen LogP contribution in [-0.2, 0) is 13.5 Å². The highest BCUT2D eigenvalue weighted by molar-refractivity contribution is 7.13. The summed E-state index contributed by atoms with van der Waals surface area (Å²) >= 11 is 1.82. The van der Waals surface area contributed by atoms with Crippen molar-refractivity contribution in [1.29, 1.82) is 0 Å². The quantitative estimate of drug-likeness (QED) is 0.384. The minimum absolute atomic E-state index is 0.296. The van der Waals surface area contributed by atoms with Crippen molar-refractivity contribution >= 4 is 47.8 Å². The molecule has 2 heterocycles. The normalized spacial score (nSPS) is 13.3. The number of hydrogen-bond donors (Lipinski definition) is 0. The Kier molecular flexibility index (Phi) is 8.25. The first-order chi connectivity index (χ1) is 14.4. The third-order valence-corrected chi connectivity index (χ3v) is 7.12. The maximum absolute atomic E-state index is 4.05. The van der Waals surface area contributed by atoms with Crippen LogP contribution in [-0.4, -0.2) is 4.57 Å². The molecule has 0 N–H and O–H groups in total. The first-order valence-electron chi connectivity index (χ1n) is 10.6. The van der Waals surface area contributed by atoms with Crippen LogP contribution in [0.1, 0.15) is 83.9 Å². The van der Waals surface area contributed by atoms with Gasteiger partial charge in [0.2, 0.25) is 0 Å². The predicted octanol–water partition coefficient (Wildman–Crippen LogP) is 8.85. The molecule has 158 valence electrons. The van der Waals surface area contributed by atoms with Gasteiger partial charge >= 0.3 is 0 Å². The molecule has 0 spiro atoms. The van der Waals surface area contributed by atoms with E-state index in [2.05, 4.69) is 96.4 Å². The Morgan fingerprint density at radius 2 is 1.60 bits per heavy atom. The fraction of sp³-hybridized carbons (Fsp3) is 0.286. The van der Waals surface area contributed by atoms with Gasteiger partial charge in [-0.1, -0.05) is 81.7 Å². The average molecular weight is 418 g/mol. The summed E-state index contributed by atoms with van der Waals surface area (Å²) < 4.78 is 2.27. The molecule has 0 aliphatic carbocycles. The number of aromatic nitrogens is 1. The van der Waals surface area contributed by atoms with Crippen molar-refractivity contribution in [3.63, 3.8) is 0 Å². The second-order valence-corrected chi connectivity index (χ2v) is 8.54. The van der Waals surface area contributed by atoms with Gasteiger partial charge in [0, 0.05) is 45.2 Å². The van der Waals surface area contributed by atoms with E-state index in [1.807, 2.05) is 29.6 Å². The van der Waals surface area contributed by atoms with Gasteiger partial charge in [-0.25, -0.2) is 0 Å². The lowest BCUT2D eigenvalue weighted by Crippen LogP contribution is -1.98. The Balaban J connectivity index is 2.69. The van der Waals surface area contributed by atoms with Gasteiger partial charge in [0.1, 0.15) is 0 Å². The summed E-state index contributed by atoms with van der Waals surface area (Å²) in [6.45, 7) is 23.0. The van der Waals surface area contributed by atoms with Gasteiger partial charge in [-0.2, -0.15) is 0 Å². The van der Waals surface area contributed by atoms with Crippen LogP contribution in [0.2, 0.25) is 0 Å². The van der Waals surface area contributed by atoms with E-state index < -0.39 is 0 Å². The fourth-order valence-corrected chi connectivity index (χ4v) is 5.33. The SMILES string of the molecule is C=Cc1sc(C(C)/C(C)=C/c2c(/C=C\C)c(C=C)n(C)c2CC)c(/C=C\C)c1C=C. The largest absolute Gasteiger partial charge is 0.347 e. The molecule has 0 aromatic carbocycles. The van der Waals surface area contributed by atoms with Crippen LogP contribution in [0.25, 0.3) is 36.5 Å². The Morgan fingerprint density at radius 1 is 0.967 bits per heavy atom. The Hall–Kier alpha value is -2.58. The molecule has 30 heavy (non-hydrogen) atoms. The minimum Gasteiger partial charge on any atom is -0.347 e. The number of allylic oxidation sites excluding steroid dienone is 3. The van der Waals surface area contributed by atoms with Crippen LogP contribution in [0.5, 0.6) is 0 Å². The van der Waals surface area contributed by atoms with Crippen molar-refractivity contribution in [2.75, 3.05) is 0 Å². The van der Waals surface area contributed by atoms with Crippen molar-refractivity contribution in [3.05, 3.63) is 80.9 Å². The highest BCUT2D eigenvalue weighted by atomic mass is 32.1. The summed E-state index contributed by atoms with van der Waals surface area (Å²) in [5, 5.41) is 0. The maximum atomic E-state index is 4.05. The van der Waals surface area contributed by atoms with Crippen LogP contribution < -0.4 is 0 Å². The summed E-state index contributed by atoms with van der Waals surface area (Å²) in [5.41, 5.74) is 8.84. The molecule has 0 fully saturated rings. The number of hydrogen-bond acceptors (Lipinski definition) is 1. The molecule has 1 unspecified atom stereocenters. The van der Waals surface area contributed by atoms with E-state index in [-0.39, 0.29) is 0 Å². The van der Waals surface area contributed by atoms with Crippen molar-refractivity contribution in [3.8, 4) is 0 Å². The molecular weight excluding hydrogens is 382 g/mol. The average Bonchev–Trinajstić information content (AvgIpc) is 3.22. The second-order valence-electron chi connectivity index (χ2n) is 7.45. The van der Waals surface area contributed by atoms with Gasteiger partial charge in [-0.3, -0.25) is 0 Å². The molecule has 0 aliphatic heterocycles. The summed E-state index contributed by atoms with van der Waals surface area (Å²) in [6, 6.07) is 0.